The van der Waals surface area contributed by atoms with E-state index in [0.29, 0.717) is 0 Å². The Balaban J connectivity index is 2.77. The van der Waals surface area contributed by atoms with Crippen molar-refractivity contribution in [3.05, 3.63) is 24.0 Å². The number of halogens is 1. The van der Waals surface area contributed by atoms with Crippen LogP contribution in [0.15, 0.2) is 23.1 Å². The highest BCUT2D eigenvalue weighted by molar-refractivity contribution is 7.85. The number of carbonyl (C=O) groups is 1. The number of rotatable bonds is 4. The maximum atomic E-state index is 12.9. The molecule has 0 radical (unpaired) electrons. The van der Waals surface area contributed by atoms with Gasteiger partial charge in [0, 0.05) is 22.8 Å². The molecule has 15 heavy (non-hydrogen) atoms. The van der Waals surface area contributed by atoms with Gasteiger partial charge in [-0.25, -0.2) is 4.39 Å². The predicted molar refractivity (Wildman–Crippen MR) is 55.9 cm³/mol. The smallest absolute Gasteiger partial charge is 0.218 e. The molecular weight excluding hydrogens is 219 g/mol. The van der Waals surface area contributed by atoms with Gasteiger partial charge in [-0.05, 0) is 18.2 Å². The number of carbonyl (C=O) groups excluding carboxylic acids is 1. The molecule has 0 aromatic heterocycles. The maximum Gasteiger partial charge on any atom is 0.218 e. The van der Waals surface area contributed by atoms with Crippen LogP contribution in [0.2, 0.25) is 0 Å². The summed E-state index contributed by atoms with van der Waals surface area (Å²) in [6, 6.07) is 3.68. The van der Waals surface area contributed by atoms with Crippen molar-refractivity contribution in [2.75, 3.05) is 11.5 Å². The molecule has 0 aliphatic heterocycles. The molecule has 0 aliphatic rings. The summed E-state index contributed by atoms with van der Waals surface area (Å²) in [7, 11) is -1.45. The topological polar surface area (TPSA) is 86.2 Å². The quantitative estimate of drug-likeness (QED) is 0.734. The zero-order chi connectivity index (χ0) is 11.4. The standard InChI is InChI=1S/C9H11FN2O2S/c10-6-3-7(11)5-8(4-6)15(14)2-1-9(12)13/h3-5H,1-2,11H2,(H2,12,13). The monoisotopic (exact) mass is 230 g/mol. The van der Waals surface area contributed by atoms with Crippen molar-refractivity contribution in [2.45, 2.75) is 11.3 Å². The average Bonchev–Trinajstić information content (AvgIpc) is 2.12. The molecule has 4 N–H and O–H groups in total. The molecule has 1 rings (SSSR count). The molecule has 0 aliphatic carbocycles. The Bertz CT molecular complexity index is 389. The van der Waals surface area contributed by atoms with Gasteiger partial charge in [0.1, 0.15) is 5.82 Å². The molecule has 0 spiro atoms. The van der Waals surface area contributed by atoms with E-state index in [4.69, 9.17) is 11.5 Å². The summed E-state index contributed by atoms with van der Waals surface area (Å²) in [5.74, 6) is -0.997. The van der Waals surface area contributed by atoms with E-state index in [-0.39, 0.29) is 22.8 Å². The van der Waals surface area contributed by atoms with E-state index in [2.05, 4.69) is 0 Å². The van der Waals surface area contributed by atoms with Crippen LogP contribution in [0.4, 0.5) is 10.1 Å². The van der Waals surface area contributed by atoms with Gasteiger partial charge in [-0.1, -0.05) is 0 Å². The first-order valence-corrected chi connectivity index (χ1v) is 5.53. The lowest BCUT2D eigenvalue weighted by Crippen LogP contribution is -2.14. The predicted octanol–water partition coefficient (Wildman–Crippen LogP) is 0.391. The first-order valence-electron chi connectivity index (χ1n) is 4.22. The van der Waals surface area contributed by atoms with Crippen LogP contribution in [-0.2, 0) is 15.6 Å². The molecule has 1 aromatic rings. The highest BCUT2D eigenvalue weighted by atomic mass is 32.2. The lowest BCUT2D eigenvalue weighted by atomic mass is 10.3. The number of anilines is 1. The normalized spacial score (nSPS) is 12.3. The molecule has 1 amide bonds. The van der Waals surface area contributed by atoms with E-state index in [1.54, 1.807) is 0 Å². The summed E-state index contributed by atoms with van der Waals surface area (Å²) in [6.07, 6.45) is 0.00301. The fourth-order valence-corrected chi connectivity index (χ4v) is 2.16. The molecular formula is C9H11FN2O2S. The van der Waals surface area contributed by atoms with Crippen molar-refractivity contribution in [1.82, 2.24) is 0 Å². The molecule has 0 saturated carbocycles. The van der Waals surface area contributed by atoms with Crippen molar-refractivity contribution in [3.8, 4) is 0 Å². The number of amides is 1. The third-order valence-electron chi connectivity index (χ3n) is 1.69. The molecule has 1 unspecified atom stereocenters. The second-order valence-corrected chi connectivity index (χ2v) is 4.56. The van der Waals surface area contributed by atoms with Crippen LogP contribution in [0.5, 0.6) is 0 Å². The third-order valence-corrected chi connectivity index (χ3v) is 3.03. The van der Waals surface area contributed by atoms with Crippen molar-refractivity contribution in [3.63, 3.8) is 0 Å². The Hall–Kier alpha value is -1.43. The van der Waals surface area contributed by atoms with Crippen molar-refractivity contribution >= 4 is 22.4 Å². The van der Waals surface area contributed by atoms with Crippen LogP contribution in [0, 0.1) is 5.82 Å². The van der Waals surface area contributed by atoms with Crippen LogP contribution in [0.25, 0.3) is 0 Å². The summed E-state index contributed by atoms with van der Waals surface area (Å²) in [5.41, 5.74) is 10.5. The molecule has 1 atom stereocenters. The van der Waals surface area contributed by atoms with Gasteiger partial charge in [0.05, 0.1) is 10.8 Å². The van der Waals surface area contributed by atoms with Crippen molar-refractivity contribution in [2.24, 2.45) is 5.73 Å². The van der Waals surface area contributed by atoms with E-state index in [0.717, 1.165) is 12.1 Å². The molecule has 6 heteroatoms. The van der Waals surface area contributed by atoms with Gasteiger partial charge in [0.15, 0.2) is 0 Å². The number of benzene rings is 1. The molecule has 0 heterocycles. The van der Waals surface area contributed by atoms with Crippen LogP contribution in [0.1, 0.15) is 6.42 Å². The van der Waals surface area contributed by atoms with E-state index >= 15 is 0 Å². The van der Waals surface area contributed by atoms with Crippen molar-refractivity contribution < 1.29 is 13.4 Å². The Labute approximate surface area is 88.9 Å². The zero-order valence-electron chi connectivity index (χ0n) is 7.90. The first kappa shape index (κ1) is 11.6. The fourth-order valence-electron chi connectivity index (χ4n) is 1.03. The minimum atomic E-state index is -1.45. The van der Waals surface area contributed by atoms with E-state index in [9.17, 15) is 13.4 Å². The Morgan fingerprint density at radius 2 is 2.07 bits per heavy atom. The fraction of sp³-hybridized carbons (Fsp3) is 0.222. The van der Waals surface area contributed by atoms with Crippen molar-refractivity contribution in [1.29, 1.82) is 0 Å². The van der Waals surface area contributed by atoms with Crippen LogP contribution in [0.3, 0.4) is 0 Å². The number of hydrogen-bond acceptors (Lipinski definition) is 3. The Morgan fingerprint density at radius 1 is 1.40 bits per heavy atom. The highest BCUT2D eigenvalue weighted by Crippen LogP contribution is 2.14. The van der Waals surface area contributed by atoms with Crippen LogP contribution < -0.4 is 11.5 Å². The number of hydrogen-bond donors (Lipinski definition) is 2. The van der Waals surface area contributed by atoms with Gasteiger partial charge < -0.3 is 11.5 Å². The second-order valence-electron chi connectivity index (χ2n) is 2.99. The van der Waals surface area contributed by atoms with Crippen LogP contribution >= 0.6 is 0 Å². The number of nitrogens with two attached hydrogens (primary N) is 2. The van der Waals surface area contributed by atoms with Gasteiger partial charge in [-0.15, -0.1) is 0 Å². The van der Waals surface area contributed by atoms with E-state index in [1.165, 1.54) is 6.07 Å². The molecule has 4 nitrogen and oxygen atoms in total. The zero-order valence-corrected chi connectivity index (χ0v) is 8.72. The Kier molecular flexibility index (Phi) is 3.79. The maximum absolute atomic E-state index is 12.9. The third kappa shape index (κ3) is 3.67. The van der Waals surface area contributed by atoms with Crippen LogP contribution in [-0.4, -0.2) is 15.9 Å². The summed E-state index contributed by atoms with van der Waals surface area (Å²) in [4.78, 5) is 10.7. The van der Waals surface area contributed by atoms with E-state index in [1.807, 2.05) is 0 Å². The summed E-state index contributed by atoms with van der Waals surface area (Å²) < 4.78 is 24.4. The average molecular weight is 230 g/mol. The first-order chi connectivity index (χ1) is 6.99. The lowest BCUT2D eigenvalue weighted by molar-refractivity contribution is -0.117. The number of nitrogen functional groups attached to an aromatic ring is 1. The van der Waals surface area contributed by atoms with Gasteiger partial charge in [-0.3, -0.25) is 9.00 Å². The largest absolute Gasteiger partial charge is 0.399 e. The SMILES string of the molecule is NC(=O)CCS(=O)c1cc(N)cc(F)c1. The van der Waals surface area contributed by atoms with Gasteiger partial charge >= 0.3 is 0 Å². The molecule has 0 fully saturated rings. The summed E-state index contributed by atoms with van der Waals surface area (Å²) >= 11 is 0. The Morgan fingerprint density at radius 3 is 2.60 bits per heavy atom. The minimum Gasteiger partial charge on any atom is -0.399 e. The van der Waals surface area contributed by atoms with Gasteiger partial charge in [0.2, 0.25) is 5.91 Å². The van der Waals surface area contributed by atoms with Gasteiger partial charge in [0.25, 0.3) is 0 Å². The van der Waals surface area contributed by atoms with Gasteiger partial charge in [-0.2, -0.15) is 0 Å². The molecule has 82 valence electrons. The summed E-state index contributed by atoms with van der Waals surface area (Å²) in [5, 5.41) is 0. The molecule has 0 bridgehead atoms. The summed E-state index contributed by atoms with van der Waals surface area (Å²) in [6.45, 7) is 0. The van der Waals surface area contributed by atoms with E-state index < -0.39 is 22.5 Å². The second kappa shape index (κ2) is 4.88. The molecule has 0 saturated heterocycles. The minimum absolute atomic E-state index is 0.00301. The highest BCUT2D eigenvalue weighted by Gasteiger charge is 2.07. The number of primary amides is 1. The molecule has 1 aromatic carbocycles. The lowest BCUT2D eigenvalue weighted by Gasteiger charge is -2.02.